The number of nitrogens with one attached hydrogen (secondary N) is 1. The molecule has 0 heterocycles. The fourth-order valence-corrected chi connectivity index (χ4v) is 6.44. The molecule has 13 nitrogen and oxygen atoms in total. The van der Waals surface area contributed by atoms with Crippen LogP contribution in [0.1, 0.15) is 22.3 Å². The van der Waals surface area contributed by atoms with Crippen LogP contribution in [0.3, 0.4) is 0 Å². The first kappa shape index (κ1) is 35.0. The number of azo groups is 1. The lowest BCUT2D eigenvalue weighted by atomic mass is 10.1. The summed E-state index contributed by atoms with van der Waals surface area (Å²) < 4.78 is 42.8. The summed E-state index contributed by atoms with van der Waals surface area (Å²) in [5.74, 6) is -0.207. The SMILES string of the molecule is Cc1cccc(Nc2ccc3c(O)c(N=Nc4ccc(/C=C/c5ccc(C)cc5S(=O)(=O)O)c(SOOO)c4)c(SOOO)cc3c2)c1. The highest BCUT2D eigenvalue weighted by atomic mass is 32.2. The molecule has 0 fully saturated rings. The summed E-state index contributed by atoms with van der Waals surface area (Å²) in [6, 6.07) is 24.3. The van der Waals surface area contributed by atoms with Crippen molar-refractivity contribution in [2.75, 3.05) is 5.32 Å². The van der Waals surface area contributed by atoms with E-state index in [2.05, 4.69) is 34.3 Å². The second-order valence-electron chi connectivity index (χ2n) is 10.2. The van der Waals surface area contributed by atoms with Crippen LogP contribution in [0.15, 0.2) is 110 Å². The van der Waals surface area contributed by atoms with Crippen molar-refractivity contribution in [2.24, 2.45) is 10.2 Å². The standard InChI is InChI=1S/C32H27N3O10S3/c1-19-4-3-5-24(14-19)33-25-12-13-27-23(16-25)17-29(47-45-43-38)31(32(27)36)35-34-26-11-10-21(28(18-26)46-44-42-37)8-9-22-7-6-20(2)15-30(22)48(39,40)41/h3-18,33,36-38H,1-2H3,(H,39,40,41)/b9-8+,35-34?. The van der Waals surface area contributed by atoms with E-state index in [0.29, 0.717) is 50.9 Å². The van der Waals surface area contributed by atoms with Crippen LogP contribution in [0.4, 0.5) is 22.7 Å². The second-order valence-corrected chi connectivity index (χ2v) is 13.1. The Labute approximate surface area is 283 Å². The molecule has 0 unspecified atom stereocenters. The number of phenols is 1. The van der Waals surface area contributed by atoms with E-state index >= 15 is 0 Å². The van der Waals surface area contributed by atoms with Gasteiger partial charge in [-0.3, -0.25) is 4.55 Å². The largest absolute Gasteiger partial charge is 0.505 e. The van der Waals surface area contributed by atoms with Gasteiger partial charge in [-0.25, -0.2) is 10.5 Å². The van der Waals surface area contributed by atoms with Gasteiger partial charge in [0.25, 0.3) is 10.1 Å². The number of anilines is 2. The van der Waals surface area contributed by atoms with Crippen LogP contribution >= 0.6 is 24.1 Å². The highest BCUT2D eigenvalue weighted by Gasteiger charge is 2.17. The van der Waals surface area contributed by atoms with Crippen LogP contribution in [0.5, 0.6) is 5.75 Å². The van der Waals surface area contributed by atoms with E-state index in [-0.39, 0.29) is 32.5 Å². The van der Waals surface area contributed by atoms with Gasteiger partial charge in [0, 0.05) is 21.7 Å². The molecule has 5 N–H and O–H groups in total. The summed E-state index contributed by atoms with van der Waals surface area (Å²) in [5.41, 5.74) is 4.46. The Morgan fingerprint density at radius 2 is 1.44 bits per heavy atom. The third kappa shape index (κ3) is 8.77. The van der Waals surface area contributed by atoms with Crippen LogP contribution < -0.4 is 5.32 Å². The molecule has 0 atom stereocenters. The lowest BCUT2D eigenvalue weighted by Gasteiger charge is -2.12. The number of fused-ring (bicyclic) bond motifs is 1. The average molecular weight is 710 g/mol. The topological polar surface area (TPSA) is 189 Å². The van der Waals surface area contributed by atoms with E-state index in [0.717, 1.165) is 16.9 Å². The van der Waals surface area contributed by atoms with Crippen LogP contribution in [-0.4, -0.2) is 28.6 Å². The molecule has 0 spiro atoms. The van der Waals surface area contributed by atoms with Gasteiger partial charge in [-0.2, -0.15) is 13.5 Å². The summed E-state index contributed by atoms with van der Waals surface area (Å²) in [6.07, 6.45) is 3.06. The number of rotatable bonds is 13. The van der Waals surface area contributed by atoms with Crippen molar-refractivity contribution in [3.05, 3.63) is 107 Å². The molecule has 5 aromatic rings. The van der Waals surface area contributed by atoms with Gasteiger partial charge >= 0.3 is 0 Å². The van der Waals surface area contributed by atoms with Crippen molar-refractivity contribution in [3.8, 4) is 5.75 Å². The molecule has 0 radical (unpaired) electrons. The highest BCUT2D eigenvalue weighted by molar-refractivity contribution is 7.95. The Balaban J connectivity index is 1.48. The second kappa shape index (κ2) is 15.7. The maximum absolute atomic E-state index is 11.9. The number of hydrogen-bond acceptors (Lipinski definition) is 14. The minimum atomic E-state index is -4.49. The zero-order valence-electron chi connectivity index (χ0n) is 25.1. The van der Waals surface area contributed by atoms with Crippen LogP contribution in [0.25, 0.3) is 22.9 Å². The van der Waals surface area contributed by atoms with E-state index in [1.54, 1.807) is 55.5 Å². The first-order valence-corrected chi connectivity index (χ1v) is 16.7. The van der Waals surface area contributed by atoms with E-state index in [1.165, 1.54) is 18.2 Å². The number of nitrogens with zero attached hydrogens (tertiary/aromatic N) is 2. The quantitative estimate of drug-likeness (QED) is 0.0194. The number of benzene rings is 5. The number of aryl methyl sites for hydroxylation is 2. The average Bonchev–Trinajstić information content (AvgIpc) is 3.05. The molecule has 5 aromatic carbocycles. The van der Waals surface area contributed by atoms with Crippen LogP contribution in [0.2, 0.25) is 0 Å². The van der Waals surface area contributed by atoms with E-state index in [9.17, 15) is 18.1 Å². The highest BCUT2D eigenvalue weighted by Crippen LogP contribution is 2.45. The zero-order valence-corrected chi connectivity index (χ0v) is 27.5. The van der Waals surface area contributed by atoms with Crippen molar-refractivity contribution < 1.29 is 47.3 Å². The van der Waals surface area contributed by atoms with Crippen molar-refractivity contribution in [1.29, 1.82) is 0 Å². The van der Waals surface area contributed by atoms with Crippen molar-refractivity contribution in [2.45, 2.75) is 28.5 Å². The molecule has 0 saturated heterocycles. The lowest BCUT2D eigenvalue weighted by Crippen LogP contribution is -2.01. The summed E-state index contributed by atoms with van der Waals surface area (Å²) >= 11 is 1.24. The molecule has 48 heavy (non-hydrogen) atoms. The number of phenolic OH excluding ortho intramolecular Hbond substituents is 1. The Hall–Kier alpha value is -4.33. The molecule has 248 valence electrons. The fourth-order valence-electron chi connectivity index (χ4n) is 4.67. The lowest BCUT2D eigenvalue weighted by molar-refractivity contribution is -0.432. The smallest absolute Gasteiger partial charge is 0.295 e. The maximum Gasteiger partial charge on any atom is 0.295 e. The Bertz CT molecular complexity index is 2130. The monoisotopic (exact) mass is 709 g/mol. The van der Waals surface area contributed by atoms with Gasteiger partial charge in [0.1, 0.15) is 10.6 Å². The summed E-state index contributed by atoms with van der Waals surface area (Å²) in [5, 5.41) is 49.2. The van der Waals surface area contributed by atoms with E-state index in [1.807, 2.05) is 37.3 Å². The molecule has 16 heteroatoms. The Morgan fingerprint density at radius 1 is 0.750 bits per heavy atom. The number of aromatic hydroxyl groups is 1. The molecule has 0 aliphatic heterocycles. The zero-order chi connectivity index (χ0) is 34.3. The summed E-state index contributed by atoms with van der Waals surface area (Å²) in [6.45, 7) is 3.69. The minimum Gasteiger partial charge on any atom is -0.505 e. The molecule has 0 saturated carbocycles. The van der Waals surface area contributed by atoms with Gasteiger partial charge in [-0.05, 0) is 96.1 Å². The molecule has 0 aromatic heterocycles. The van der Waals surface area contributed by atoms with E-state index < -0.39 is 10.1 Å². The van der Waals surface area contributed by atoms with Crippen molar-refractivity contribution >= 4 is 79.9 Å². The van der Waals surface area contributed by atoms with Crippen LogP contribution in [-0.2, 0) is 28.9 Å². The molecule has 0 bridgehead atoms. The first-order valence-electron chi connectivity index (χ1n) is 13.8. The predicted molar refractivity (Wildman–Crippen MR) is 182 cm³/mol. The predicted octanol–water partition coefficient (Wildman–Crippen LogP) is 9.59. The van der Waals surface area contributed by atoms with Crippen molar-refractivity contribution in [3.63, 3.8) is 0 Å². The van der Waals surface area contributed by atoms with Gasteiger partial charge in [0.2, 0.25) is 0 Å². The molecule has 5 rings (SSSR count). The third-order valence-electron chi connectivity index (χ3n) is 6.82. The summed E-state index contributed by atoms with van der Waals surface area (Å²) in [4.78, 5) is 0.385. The third-order valence-corrected chi connectivity index (χ3v) is 9.01. The molecule has 0 amide bonds. The van der Waals surface area contributed by atoms with Gasteiger partial charge < -0.3 is 10.4 Å². The van der Waals surface area contributed by atoms with Gasteiger partial charge in [-0.1, -0.05) is 52.6 Å². The summed E-state index contributed by atoms with van der Waals surface area (Å²) in [7, 11) is -4.49. The van der Waals surface area contributed by atoms with Crippen molar-refractivity contribution in [1.82, 2.24) is 0 Å². The fraction of sp³-hybridized carbons (Fsp3) is 0.0625. The van der Waals surface area contributed by atoms with Gasteiger partial charge in [0.15, 0.2) is 5.75 Å². The Morgan fingerprint density at radius 3 is 2.17 bits per heavy atom. The Kier molecular flexibility index (Phi) is 11.5. The number of hydrogen-bond donors (Lipinski definition) is 5. The van der Waals surface area contributed by atoms with Gasteiger partial charge in [-0.15, -0.1) is 13.8 Å². The molecule has 0 aliphatic rings. The minimum absolute atomic E-state index is 0.0224. The first-order chi connectivity index (χ1) is 23.0. The molecular weight excluding hydrogens is 683 g/mol. The maximum atomic E-state index is 11.9. The van der Waals surface area contributed by atoms with Gasteiger partial charge in [0.05, 0.1) is 34.7 Å². The molecule has 0 aliphatic carbocycles. The van der Waals surface area contributed by atoms with E-state index in [4.69, 9.17) is 10.5 Å². The normalized spacial score (nSPS) is 12.0. The van der Waals surface area contributed by atoms with Crippen LogP contribution in [0, 0.1) is 13.8 Å². The molecular formula is C32H27N3O10S3.